The largest absolute Gasteiger partial charge is 0.296 e. The molecule has 0 bridgehead atoms. The fraction of sp³-hybridized carbons (Fsp3) is 0.0667. The Balaban J connectivity index is 2.17. The summed E-state index contributed by atoms with van der Waals surface area (Å²) in [4.78, 5) is 17.2. The van der Waals surface area contributed by atoms with Crippen LogP contribution in [0.15, 0.2) is 53.7 Å². The van der Waals surface area contributed by atoms with Crippen molar-refractivity contribution < 1.29 is 4.79 Å². The Labute approximate surface area is 125 Å². The molecule has 0 unspecified atom stereocenters. The minimum Gasteiger partial charge on any atom is -0.296 e. The zero-order valence-electron chi connectivity index (χ0n) is 10.7. The van der Waals surface area contributed by atoms with E-state index in [1.807, 2.05) is 35.1 Å². The number of pyridine rings is 1. The van der Waals surface area contributed by atoms with Gasteiger partial charge in [-0.3, -0.25) is 9.20 Å². The van der Waals surface area contributed by atoms with Gasteiger partial charge < -0.3 is 0 Å². The molecule has 2 heterocycles. The van der Waals surface area contributed by atoms with E-state index in [-0.39, 0.29) is 5.78 Å². The van der Waals surface area contributed by atoms with Crippen LogP contribution in [0.5, 0.6) is 0 Å². The Morgan fingerprint density at radius 2 is 1.95 bits per heavy atom. The van der Waals surface area contributed by atoms with Gasteiger partial charge in [0.2, 0.25) is 5.78 Å². The Morgan fingerprint density at radius 1 is 1.20 bits per heavy atom. The molecule has 0 aliphatic heterocycles. The predicted molar refractivity (Wildman–Crippen MR) is 81.9 cm³/mol. The van der Waals surface area contributed by atoms with Crippen LogP contribution in [0.3, 0.4) is 0 Å². The number of thioether (sulfide) groups is 1. The number of halogens is 1. The average molecular weight is 303 g/mol. The monoisotopic (exact) mass is 302 g/mol. The number of hydrogen-bond acceptors (Lipinski definition) is 3. The molecule has 0 amide bonds. The summed E-state index contributed by atoms with van der Waals surface area (Å²) in [7, 11) is 0. The summed E-state index contributed by atoms with van der Waals surface area (Å²) in [5.41, 5.74) is 1.97. The van der Waals surface area contributed by atoms with Gasteiger partial charge in [0.15, 0.2) is 0 Å². The average Bonchev–Trinajstić information content (AvgIpc) is 2.85. The maximum Gasteiger partial charge on any atom is 0.212 e. The van der Waals surface area contributed by atoms with Crippen molar-refractivity contribution in [1.82, 2.24) is 9.38 Å². The van der Waals surface area contributed by atoms with Gasteiger partial charge in [0.05, 0.1) is 0 Å². The van der Waals surface area contributed by atoms with E-state index < -0.39 is 0 Å². The summed E-state index contributed by atoms with van der Waals surface area (Å²) >= 11 is 7.33. The lowest BCUT2D eigenvalue weighted by molar-refractivity contribution is 0.103. The standard InChI is InChI=1S/C15H11ClN2OS/c1-20-15-13(18-9-3-2-4-12(18)17-15)14(19)10-5-7-11(16)8-6-10/h2-9H,1H3. The Bertz CT molecular complexity index is 780. The highest BCUT2D eigenvalue weighted by Gasteiger charge is 2.19. The summed E-state index contributed by atoms with van der Waals surface area (Å²) in [6.45, 7) is 0. The van der Waals surface area contributed by atoms with Crippen molar-refractivity contribution >= 4 is 34.8 Å². The molecular weight excluding hydrogens is 292 g/mol. The van der Waals surface area contributed by atoms with Gasteiger partial charge in [-0.05, 0) is 42.7 Å². The quantitative estimate of drug-likeness (QED) is 0.543. The van der Waals surface area contributed by atoms with E-state index >= 15 is 0 Å². The third-order valence-electron chi connectivity index (χ3n) is 3.01. The van der Waals surface area contributed by atoms with E-state index in [1.54, 1.807) is 24.3 Å². The summed E-state index contributed by atoms with van der Waals surface area (Å²) in [5.74, 6) is -0.0512. The molecule has 3 aromatic rings. The zero-order valence-corrected chi connectivity index (χ0v) is 12.3. The third kappa shape index (κ3) is 2.21. The molecule has 3 rings (SSSR count). The number of fused-ring (bicyclic) bond motifs is 1. The van der Waals surface area contributed by atoms with Crippen LogP contribution in [0.4, 0.5) is 0 Å². The zero-order chi connectivity index (χ0) is 14.1. The van der Waals surface area contributed by atoms with Gasteiger partial charge in [0.25, 0.3) is 0 Å². The highest BCUT2D eigenvalue weighted by atomic mass is 35.5. The molecule has 0 saturated carbocycles. The van der Waals surface area contributed by atoms with Crippen LogP contribution >= 0.6 is 23.4 Å². The second-order valence-electron chi connectivity index (χ2n) is 4.23. The van der Waals surface area contributed by atoms with Crippen LogP contribution in [0.2, 0.25) is 5.02 Å². The van der Waals surface area contributed by atoms with Gasteiger partial charge in [-0.25, -0.2) is 4.98 Å². The Hall–Kier alpha value is -1.78. The number of aromatic nitrogens is 2. The maximum atomic E-state index is 12.7. The third-order valence-corrected chi connectivity index (χ3v) is 3.94. The summed E-state index contributed by atoms with van der Waals surface area (Å²) in [5, 5.41) is 1.35. The SMILES string of the molecule is CSc1nc2ccccn2c1C(=O)c1ccc(Cl)cc1. The molecule has 100 valence electrons. The van der Waals surface area contributed by atoms with Crippen molar-refractivity contribution in [2.24, 2.45) is 0 Å². The minimum atomic E-state index is -0.0512. The Kier molecular flexibility index (Phi) is 3.51. The number of carbonyl (C=O) groups excluding carboxylic acids is 1. The first kappa shape index (κ1) is 13.2. The maximum absolute atomic E-state index is 12.7. The van der Waals surface area contributed by atoms with E-state index in [9.17, 15) is 4.79 Å². The number of rotatable bonds is 3. The number of nitrogens with zero attached hydrogens (tertiary/aromatic N) is 2. The van der Waals surface area contributed by atoms with Crippen LogP contribution in [0, 0.1) is 0 Å². The smallest absolute Gasteiger partial charge is 0.212 e. The Morgan fingerprint density at radius 3 is 2.65 bits per heavy atom. The number of carbonyl (C=O) groups is 1. The van der Waals surface area contributed by atoms with E-state index in [1.165, 1.54) is 11.8 Å². The molecule has 0 spiro atoms. The van der Waals surface area contributed by atoms with Gasteiger partial charge >= 0.3 is 0 Å². The molecular formula is C15H11ClN2OS. The second kappa shape index (κ2) is 5.31. The van der Waals surface area contributed by atoms with Crippen molar-refractivity contribution in [2.45, 2.75) is 5.03 Å². The number of hydrogen-bond donors (Lipinski definition) is 0. The number of imidazole rings is 1. The molecule has 2 aromatic heterocycles. The molecule has 0 aliphatic rings. The fourth-order valence-corrected chi connectivity index (χ4v) is 2.76. The molecule has 1 aromatic carbocycles. The van der Waals surface area contributed by atoms with Gasteiger partial charge in [-0.15, -0.1) is 11.8 Å². The van der Waals surface area contributed by atoms with E-state index in [0.29, 0.717) is 16.3 Å². The minimum absolute atomic E-state index is 0.0512. The molecule has 0 N–H and O–H groups in total. The molecule has 3 nitrogen and oxygen atoms in total. The van der Waals surface area contributed by atoms with Gasteiger partial charge in [-0.1, -0.05) is 17.7 Å². The first-order chi connectivity index (χ1) is 9.70. The normalized spacial score (nSPS) is 10.9. The van der Waals surface area contributed by atoms with Gasteiger partial charge in [-0.2, -0.15) is 0 Å². The van der Waals surface area contributed by atoms with Gasteiger partial charge in [0.1, 0.15) is 16.4 Å². The topological polar surface area (TPSA) is 34.4 Å². The first-order valence-corrected chi connectivity index (χ1v) is 7.62. The molecule has 0 fully saturated rings. The summed E-state index contributed by atoms with van der Waals surface area (Å²) in [6.07, 6.45) is 3.77. The van der Waals surface area contributed by atoms with Crippen molar-refractivity contribution in [3.05, 3.63) is 64.9 Å². The highest BCUT2D eigenvalue weighted by molar-refractivity contribution is 7.98. The van der Waals surface area contributed by atoms with Crippen LogP contribution < -0.4 is 0 Å². The van der Waals surface area contributed by atoms with Crippen LogP contribution in [-0.2, 0) is 0 Å². The lowest BCUT2D eigenvalue weighted by Crippen LogP contribution is -2.06. The first-order valence-electron chi connectivity index (χ1n) is 6.02. The fourth-order valence-electron chi connectivity index (χ4n) is 2.06. The second-order valence-corrected chi connectivity index (χ2v) is 5.47. The summed E-state index contributed by atoms with van der Waals surface area (Å²) < 4.78 is 1.82. The lowest BCUT2D eigenvalue weighted by atomic mass is 10.1. The van der Waals surface area contributed by atoms with Crippen LogP contribution in [-0.4, -0.2) is 21.4 Å². The van der Waals surface area contributed by atoms with Crippen molar-refractivity contribution in [2.75, 3.05) is 6.26 Å². The van der Waals surface area contributed by atoms with E-state index in [2.05, 4.69) is 4.98 Å². The molecule has 0 aliphatic carbocycles. The van der Waals surface area contributed by atoms with Crippen molar-refractivity contribution in [1.29, 1.82) is 0 Å². The van der Waals surface area contributed by atoms with Crippen LogP contribution in [0.1, 0.15) is 16.1 Å². The number of benzene rings is 1. The lowest BCUT2D eigenvalue weighted by Gasteiger charge is -2.03. The van der Waals surface area contributed by atoms with E-state index in [4.69, 9.17) is 11.6 Å². The molecule has 0 radical (unpaired) electrons. The summed E-state index contributed by atoms with van der Waals surface area (Å²) in [6, 6.07) is 12.6. The molecule has 0 saturated heterocycles. The van der Waals surface area contributed by atoms with Crippen molar-refractivity contribution in [3.63, 3.8) is 0 Å². The molecule has 0 atom stereocenters. The van der Waals surface area contributed by atoms with Gasteiger partial charge in [0, 0.05) is 16.8 Å². The van der Waals surface area contributed by atoms with Crippen molar-refractivity contribution in [3.8, 4) is 0 Å². The highest BCUT2D eigenvalue weighted by Crippen LogP contribution is 2.24. The van der Waals surface area contributed by atoms with E-state index in [0.717, 1.165) is 10.7 Å². The number of ketones is 1. The predicted octanol–water partition coefficient (Wildman–Crippen LogP) is 3.94. The van der Waals surface area contributed by atoms with Crippen LogP contribution in [0.25, 0.3) is 5.65 Å². The molecule has 20 heavy (non-hydrogen) atoms. The molecule has 5 heteroatoms.